The number of non-ortho nitro benzene ring substituents is 1. The number of anilines is 1. The van der Waals surface area contributed by atoms with Crippen LogP contribution in [-0.4, -0.2) is 14.9 Å². The van der Waals surface area contributed by atoms with E-state index in [1.54, 1.807) is 24.3 Å². The van der Waals surface area contributed by atoms with E-state index in [0.29, 0.717) is 41.3 Å². The largest absolute Gasteiger partial charge is 0.438 e. The molecule has 36 heavy (non-hydrogen) atoms. The summed E-state index contributed by atoms with van der Waals surface area (Å²) in [5, 5.41) is 20.8. The molecule has 0 spiro atoms. The molecule has 1 aromatic heterocycles. The molecule has 0 saturated heterocycles. The maximum Gasteiger partial charge on any atom is 0.269 e. The van der Waals surface area contributed by atoms with Crippen molar-refractivity contribution in [3.63, 3.8) is 0 Å². The van der Waals surface area contributed by atoms with E-state index in [9.17, 15) is 15.4 Å². The summed E-state index contributed by atoms with van der Waals surface area (Å²) in [5.74, 6) is 3.38. The molecule has 3 aromatic rings. The Balaban J connectivity index is 1.30. The first-order valence-corrected chi connectivity index (χ1v) is 12.5. The van der Waals surface area contributed by atoms with E-state index < -0.39 is 0 Å². The van der Waals surface area contributed by atoms with Gasteiger partial charge in [0.25, 0.3) is 5.69 Å². The van der Waals surface area contributed by atoms with Crippen molar-refractivity contribution in [1.29, 1.82) is 5.26 Å². The molecule has 0 radical (unpaired) electrons. The molecule has 0 amide bonds. The molecule has 4 aliphatic carbocycles. The van der Waals surface area contributed by atoms with Crippen LogP contribution in [0.1, 0.15) is 66.6 Å². The van der Waals surface area contributed by atoms with Gasteiger partial charge in [0, 0.05) is 24.0 Å². The van der Waals surface area contributed by atoms with Gasteiger partial charge < -0.3 is 10.5 Å². The van der Waals surface area contributed by atoms with Crippen LogP contribution in [0.4, 0.5) is 11.5 Å². The fraction of sp³-hybridized carbons (Fsp3) is 0.393. The van der Waals surface area contributed by atoms with Crippen molar-refractivity contribution in [2.75, 3.05) is 5.73 Å². The minimum absolute atomic E-state index is 0.112. The first-order chi connectivity index (χ1) is 17.4. The van der Waals surface area contributed by atoms with Crippen molar-refractivity contribution < 1.29 is 9.66 Å². The highest BCUT2D eigenvalue weighted by atomic mass is 16.6. The average molecular weight is 480 g/mol. The highest BCUT2D eigenvalue weighted by molar-refractivity contribution is 5.57. The first kappa shape index (κ1) is 21.3. The number of ether oxygens (including phenoxy) is 1. The molecule has 5 aliphatic rings. The molecule has 4 fully saturated rings. The van der Waals surface area contributed by atoms with Gasteiger partial charge in [0.2, 0.25) is 5.88 Å². The van der Waals surface area contributed by atoms with E-state index in [4.69, 9.17) is 20.4 Å². The van der Waals surface area contributed by atoms with Crippen molar-refractivity contribution in [3.8, 4) is 17.7 Å². The molecule has 1 aliphatic heterocycles. The molecule has 2 unspecified atom stereocenters. The zero-order chi connectivity index (χ0) is 24.7. The maximum absolute atomic E-state index is 11.5. The lowest BCUT2D eigenvalue weighted by molar-refractivity contribution is -0.385. The van der Waals surface area contributed by atoms with E-state index in [2.05, 4.69) is 12.1 Å². The van der Waals surface area contributed by atoms with Crippen molar-refractivity contribution in [2.45, 2.75) is 55.8 Å². The topological polar surface area (TPSA) is 128 Å². The zero-order valence-corrected chi connectivity index (χ0v) is 19.7. The SMILES string of the molecule is N#Cc1ccc2c(c1)Oc1nc(C34CC5CC(CC(c6cccc([N+](=O)[O-])c6)(C5)C3)C4)nc(N)c1C2. The minimum atomic E-state index is -0.306. The van der Waals surface area contributed by atoms with Gasteiger partial charge in [-0.1, -0.05) is 18.2 Å². The van der Waals surface area contributed by atoms with Gasteiger partial charge in [-0.05, 0) is 79.0 Å². The third-order valence-corrected chi connectivity index (χ3v) is 8.98. The number of nitrogens with zero attached hydrogens (tertiary/aromatic N) is 4. The van der Waals surface area contributed by atoms with Gasteiger partial charge in [-0.3, -0.25) is 10.1 Å². The number of aromatic nitrogens is 2. The van der Waals surface area contributed by atoms with Crippen LogP contribution in [0.25, 0.3) is 0 Å². The quantitative estimate of drug-likeness (QED) is 0.311. The van der Waals surface area contributed by atoms with E-state index >= 15 is 0 Å². The molecule has 180 valence electrons. The predicted octanol–water partition coefficient (Wildman–Crippen LogP) is 5.32. The Kier molecular flexibility index (Phi) is 4.30. The van der Waals surface area contributed by atoms with Gasteiger partial charge in [0.1, 0.15) is 17.4 Å². The van der Waals surface area contributed by atoms with Crippen LogP contribution in [0.2, 0.25) is 0 Å². The lowest BCUT2D eigenvalue weighted by Gasteiger charge is -2.61. The summed E-state index contributed by atoms with van der Waals surface area (Å²) in [7, 11) is 0. The summed E-state index contributed by atoms with van der Waals surface area (Å²) in [4.78, 5) is 21.1. The van der Waals surface area contributed by atoms with Crippen LogP contribution >= 0.6 is 0 Å². The number of hydrogen-bond acceptors (Lipinski definition) is 7. The molecule has 4 bridgehead atoms. The third kappa shape index (κ3) is 3.05. The van der Waals surface area contributed by atoms with Crippen molar-refractivity contribution in [1.82, 2.24) is 9.97 Å². The molecule has 8 rings (SSSR count). The number of fused-ring (bicyclic) bond motifs is 2. The van der Waals surface area contributed by atoms with Gasteiger partial charge in [-0.2, -0.15) is 10.2 Å². The number of nitriles is 1. The van der Waals surface area contributed by atoms with Crippen LogP contribution < -0.4 is 10.5 Å². The molecule has 8 nitrogen and oxygen atoms in total. The number of rotatable bonds is 3. The summed E-state index contributed by atoms with van der Waals surface area (Å²) in [6.07, 6.45) is 6.74. The fourth-order valence-electron chi connectivity index (χ4n) is 7.94. The number of nitro groups is 1. The Morgan fingerprint density at radius 1 is 1.08 bits per heavy atom. The molecule has 4 saturated carbocycles. The number of nitrogen functional groups attached to an aromatic ring is 1. The second-order valence-electron chi connectivity index (χ2n) is 11.3. The number of nitrogens with two attached hydrogens (primary N) is 1. The van der Waals surface area contributed by atoms with Crippen LogP contribution in [-0.2, 0) is 17.3 Å². The van der Waals surface area contributed by atoms with Crippen LogP contribution in [0.5, 0.6) is 11.6 Å². The summed E-state index contributed by atoms with van der Waals surface area (Å²) < 4.78 is 6.20. The van der Waals surface area contributed by atoms with Gasteiger partial charge in [0.15, 0.2) is 0 Å². The number of hydrogen-bond donors (Lipinski definition) is 1. The Labute approximate surface area is 208 Å². The predicted molar refractivity (Wildman–Crippen MR) is 132 cm³/mol. The van der Waals surface area contributed by atoms with Crippen molar-refractivity contribution >= 4 is 11.5 Å². The Hall–Kier alpha value is -3.99. The fourth-order valence-corrected chi connectivity index (χ4v) is 7.94. The lowest BCUT2D eigenvalue weighted by Crippen LogP contribution is -2.56. The molecule has 2 atom stereocenters. The smallest absolute Gasteiger partial charge is 0.269 e. The Morgan fingerprint density at radius 3 is 2.61 bits per heavy atom. The molecule has 8 heteroatoms. The number of benzene rings is 2. The maximum atomic E-state index is 11.5. The normalized spacial score (nSPS) is 29.1. The molecular formula is C28H25N5O3. The van der Waals surface area contributed by atoms with Crippen LogP contribution in [0.15, 0.2) is 42.5 Å². The second kappa shape index (κ2) is 7.26. The average Bonchev–Trinajstić information content (AvgIpc) is 2.86. The van der Waals surface area contributed by atoms with E-state index in [-0.39, 0.29) is 21.4 Å². The summed E-state index contributed by atoms with van der Waals surface area (Å²) in [6, 6.07) is 14.8. The monoisotopic (exact) mass is 479 g/mol. The van der Waals surface area contributed by atoms with Gasteiger partial charge in [-0.25, -0.2) is 4.98 Å². The van der Waals surface area contributed by atoms with E-state index in [1.807, 2.05) is 12.1 Å². The molecule has 2 aromatic carbocycles. The minimum Gasteiger partial charge on any atom is -0.438 e. The standard InChI is InChI=1S/C28H25N5O3/c29-14-16-4-5-19-8-22-24(30)31-26(32-25(22)36-23(19)7-16)28-12-17-6-18(13-28)11-27(10-17,15-28)20-2-1-3-21(9-20)33(34)35/h1-5,7,9,17-18H,6,8,10-13,15H2,(H2,30,31,32). The van der Waals surface area contributed by atoms with E-state index in [0.717, 1.165) is 54.6 Å². The second-order valence-corrected chi connectivity index (χ2v) is 11.3. The third-order valence-electron chi connectivity index (χ3n) is 8.98. The Bertz CT molecular complexity index is 1480. The summed E-state index contributed by atoms with van der Waals surface area (Å²) in [5.41, 5.74) is 9.68. The summed E-state index contributed by atoms with van der Waals surface area (Å²) in [6.45, 7) is 0. The molecular weight excluding hydrogens is 454 g/mol. The van der Waals surface area contributed by atoms with E-state index in [1.165, 1.54) is 6.42 Å². The van der Waals surface area contributed by atoms with Gasteiger partial charge in [0.05, 0.1) is 22.1 Å². The van der Waals surface area contributed by atoms with Gasteiger partial charge >= 0.3 is 0 Å². The van der Waals surface area contributed by atoms with Crippen LogP contribution in [0.3, 0.4) is 0 Å². The lowest BCUT2D eigenvalue weighted by atomic mass is 9.42. The van der Waals surface area contributed by atoms with Gasteiger partial charge in [-0.15, -0.1) is 0 Å². The molecule has 2 N–H and O–H groups in total. The highest BCUT2D eigenvalue weighted by Crippen LogP contribution is 2.66. The molecule has 2 heterocycles. The summed E-state index contributed by atoms with van der Waals surface area (Å²) >= 11 is 0. The highest BCUT2D eigenvalue weighted by Gasteiger charge is 2.60. The van der Waals surface area contributed by atoms with Crippen LogP contribution in [0, 0.1) is 33.3 Å². The first-order valence-electron chi connectivity index (χ1n) is 12.5. The zero-order valence-electron chi connectivity index (χ0n) is 19.7. The van der Waals surface area contributed by atoms with Crippen molar-refractivity contribution in [3.05, 3.63) is 80.7 Å². The number of nitro benzene ring substituents is 1. The van der Waals surface area contributed by atoms with Crippen molar-refractivity contribution in [2.24, 2.45) is 11.8 Å². The Morgan fingerprint density at radius 2 is 1.86 bits per heavy atom.